The first-order valence-electron chi connectivity index (χ1n) is 7.86. The van der Waals surface area contributed by atoms with Crippen molar-refractivity contribution in [3.8, 4) is 0 Å². The fraction of sp³-hybridized carbons (Fsp3) is 0.800. The average molecular weight is 461 g/mol. The van der Waals surface area contributed by atoms with E-state index in [1.807, 2.05) is 22.7 Å². The SMILES string of the molecule is S=c1sc2c(s1)CCSCCSCCSCCSCCSCC2. The van der Waals surface area contributed by atoms with Gasteiger partial charge >= 0.3 is 0 Å². The van der Waals surface area contributed by atoms with Gasteiger partial charge in [-0.25, -0.2) is 0 Å². The largest absolute Gasteiger partial charge is 0.161 e. The molecule has 0 radical (unpaired) electrons. The minimum Gasteiger partial charge on any atom is -0.161 e. The Morgan fingerprint density at radius 3 is 1.13 bits per heavy atom. The summed E-state index contributed by atoms with van der Waals surface area (Å²) in [6, 6.07) is 0. The maximum atomic E-state index is 5.43. The molecular formula is C15H24S8. The zero-order valence-electron chi connectivity index (χ0n) is 13.3. The van der Waals surface area contributed by atoms with Gasteiger partial charge in [0.2, 0.25) is 0 Å². The lowest BCUT2D eigenvalue weighted by Gasteiger charge is -2.04. The Balaban J connectivity index is 1.78. The molecule has 1 aromatic rings. The van der Waals surface area contributed by atoms with E-state index in [0.29, 0.717) is 0 Å². The van der Waals surface area contributed by atoms with Crippen molar-refractivity contribution in [3.05, 3.63) is 12.9 Å². The first-order valence-corrected chi connectivity index (χ1v) is 15.7. The first kappa shape index (κ1) is 21.3. The van der Waals surface area contributed by atoms with Gasteiger partial charge < -0.3 is 0 Å². The van der Waals surface area contributed by atoms with E-state index in [9.17, 15) is 0 Å². The van der Waals surface area contributed by atoms with E-state index >= 15 is 0 Å². The maximum Gasteiger partial charge on any atom is 0.144 e. The fourth-order valence-electron chi connectivity index (χ4n) is 2.03. The molecule has 23 heavy (non-hydrogen) atoms. The molecule has 1 aliphatic rings. The highest BCUT2D eigenvalue weighted by Gasteiger charge is 2.07. The number of aryl methyl sites for hydroxylation is 2. The van der Waals surface area contributed by atoms with Gasteiger partial charge in [-0.2, -0.15) is 58.8 Å². The summed E-state index contributed by atoms with van der Waals surface area (Å²) >= 11 is 19.8. The number of hydrogen-bond donors (Lipinski definition) is 0. The van der Waals surface area contributed by atoms with Crippen LogP contribution in [0, 0.1) is 3.14 Å². The highest BCUT2D eigenvalue weighted by atomic mass is 32.2. The lowest BCUT2D eigenvalue weighted by atomic mass is 10.3. The first-order chi connectivity index (χ1) is 11.4. The van der Waals surface area contributed by atoms with Crippen LogP contribution in [0.4, 0.5) is 0 Å². The van der Waals surface area contributed by atoms with Crippen molar-refractivity contribution in [2.75, 3.05) is 57.5 Å². The van der Waals surface area contributed by atoms with Crippen LogP contribution in [0.15, 0.2) is 0 Å². The zero-order valence-corrected chi connectivity index (χ0v) is 19.8. The quantitative estimate of drug-likeness (QED) is 0.413. The number of hydrogen-bond acceptors (Lipinski definition) is 8. The Morgan fingerprint density at radius 2 is 0.783 bits per heavy atom. The molecule has 0 atom stereocenters. The highest BCUT2D eigenvalue weighted by Crippen LogP contribution is 2.28. The van der Waals surface area contributed by atoms with E-state index in [1.165, 1.54) is 70.4 Å². The molecular weight excluding hydrogens is 437 g/mol. The molecule has 0 N–H and O–H groups in total. The minimum atomic E-state index is 1.12. The van der Waals surface area contributed by atoms with Gasteiger partial charge in [0.25, 0.3) is 0 Å². The van der Waals surface area contributed by atoms with Gasteiger partial charge in [0.1, 0.15) is 3.14 Å². The van der Waals surface area contributed by atoms with Crippen molar-refractivity contribution >= 4 is 93.7 Å². The Bertz CT molecular complexity index is 428. The van der Waals surface area contributed by atoms with Gasteiger partial charge in [-0.1, -0.05) is 12.2 Å². The van der Waals surface area contributed by atoms with Crippen molar-refractivity contribution in [3.63, 3.8) is 0 Å². The van der Waals surface area contributed by atoms with E-state index in [1.54, 1.807) is 9.75 Å². The van der Waals surface area contributed by atoms with Gasteiger partial charge in [-0.3, -0.25) is 0 Å². The van der Waals surface area contributed by atoms with Crippen LogP contribution < -0.4 is 0 Å². The molecule has 132 valence electrons. The molecule has 0 aromatic carbocycles. The predicted molar refractivity (Wildman–Crippen MR) is 127 cm³/mol. The van der Waals surface area contributed by atoms with Crippen LogP contribution in [0.5, 0.6) is 0 Å². The van der Waals surface area contributed by atoms with Gasteiger partial charge in [-0.05, 0) is 24.3 Å². The molecule has 2 rings (SSSR count). The summed E-state index contributed by atoms with van der Waals surface area (Å²) in [7, 11) is 0. The highest BCUT2D eigenvalue weighted by molar-refractivity contribution is 8.05. The Morgan fingerprint density at radius 1 is 0.478 bits per heavy atom. The smallest absolute Gasteiger partial charge is 0.144 e. The van der Waals surface area contributed by atoms with E-state index in [-0.39, 0.29) is 0 Å². The molecule has 0 amide bonds. The van der Waals surface area contributed by atoms with Gasteiger partial charge in [0, 0.05) is 55.8 Å². The minimum absolute atomic E-state index is 1.12. The third kappa shape index (κ3) is 10.1. The van der Waals surface area contributed by atoms with Gasteiger partial charge in [-0.15, -0.1) is 22.7 Å². The van der Waals surface area contributed by atoms with Crippen LogP contribution in [0.3, 0.4) is 0 Å². The van der Waals surface area contributed by atoms with Crippen LogP contribution in [-0.2, 0) is 12.8 Å². The van der Waals surface area contributed by atoms with Gasteiger partial charge in [0.15, 0.2) is 0 Å². The molecule has 0 aliphatic carbocycles. The molecule has 0 bridgehead atoms. The molecule has 0 spiro atoms. The van der Waals surface area contributed by atoms with Crippen molar-refractivity contribution < 1.29 is 0 Å². The topological polar surface area (TPSA) is 0 Å². The summed E-state index contributed by atoms with van der Waals surface area (Å²) in [5.41, 5.74) is 0. The summed E-state index contributed by atoms with van der Waals surface area (Å²) in [6.45, 7) is 0. The second-order valence-corrected chi connectivity index (χ2v) is 14.4. The summed E-state index contributed by atoms with van der Waals surface area (Å²) in [5, 5.41) is 0. The third-order valence-electron chi connectivity index (χ3n) is 3.16. The summed E-state index contributed by atoms with van der Waals surface area (Å²) in [5.74, 6) is 13.0. The molecule has 8 heteroatoms. The second-order valence-electron chi connectivity index (χ2n) is 4.86. The molecule has 0 saturated heterocycles. The lowest BCUT2D eigenvalue weighted by molar-refractivity contribution is 1.12. The number of fused-ring (bicyclic) bond motifs is 1. The number of rotatable bonds is 0. The lowest BCUT2D eigenvalue weighted by Crippen LogP contribution is -1.95. The second kappa shape index (κ2) is 14.1. The van der Waals surface area contributed by atoms with E-state index in [0.717, 1.165) is 3.14 Å². The van der Waals surface area contributed by atoms with Crippen LogP contribution in [-0.4, -0.2) is 57.5 Å². The van der Waals surface area contributed by atoms with Gasteiger partial charge in [0.05, 0.1) is 0 Å². The number of thioether (sulfide) groups is 5. The summed E-state index contributed by atoms with van der Waals surface area (Å²) in [4.78, 5) is 3.15. The Labute approximate surface area is 175 Å². The van der Waals surface area contributed by atoms with Crippen LogP contribution in [0.25, 0.3) is 0 Å². The standard InChI is InChI=1S/C15H24S8/c16-15-22-13-1-3-17-5-7-19-9-11-21-12-10-20-8-6-18-4-2-14(13)23-15/h1-12H2. The monoisotopic (exact) mass is 460 g/mol. The Hall–Kier alpha value is 2.02. The molecule has 0 fully saturated rings. The summed E-state index contributed by atoms with van der Waals surface area (Å²) in [6.07, 6.45) is 2.44. The third-order valence-corrected chi connectivity index (χ3v) is 12.0. The van der Waals surface area contributed by atoms with E-state index in [4.69, 9.17) is 12.2 Å². The predicted octanol–water partition coefficient (Wildman–Crippen LogP) is 6.30. The van der Waals surface area contributed by atoms with Crippen LogP contribution in [0.2, 0.25) is 0 Å². The van der Waals surface area contributed by atoms with E-state index < -0.39 is 0 Å². The Kier molecular flexibility index (Phi) is 13.1. The molecule has 1 aromatic heterocycles. The van der Waals surface area contributed by atoms with Crippen LogP contribution in [0.1, 0.15) is 9.75 Å². The average Bonchev–Trinajstić information content (AvgIpc) is 2.89. The molecule has 2 heterocycles. The summed E-state index contributed by atoms with van der Waals surface area (Å²) < 4.78 is 1.12. The van der Waals surface area contributed by atoms with Crippen molar-refractivity contribution in [2.45, 2.75) is 12.8 Å². The molecule has 0 nitrogen and oxygen atoms in total. The zero-order chi connectivity index (χ0) is 16.2. The molecule has 1 aliphatic heterocycles. The fourth-order valence-corrected chi connectivity index (χ4v) is 10.6. The van der Waals surface area contributed by atoms with Crippen molar-refractivity contribution in [2.24, 2.45) is 0 Å². The normalized spacial score (nSPS) is 20.9. The molecule has 0 saturated carbocycles. The van der Waals surface area contributed by atoms with E-state index in [2.05, 4.69) is 58.8 Å². The van der Waals surface area contributed by atoms with Crippen molar-refractivity contribution in [1.82, 2.24) is 0 Å². The van der Waals surface area contributed by atoms with Crippen LogP contribution >= 0.6 is 93.7 Å². The van der Waals surface area contributed by atoms with Crippen molar-refractivity contribution in [1.29, 1.82) is 0 Å². The molecule has 0 unspecified atom stereocenters. The maximum absolute atomic E-state index is 5.43.